The van der Waals surface area contributed by atoms with Crippen LogP contribution in [0.2, 0.25) is 0 Å². The SMILES string of the molecule is OCC1CCN(CCc2ccccc2)C1. The van der Waals surface area contributed by atoms with Crippen LogP contribution in [0.25, 0.3) is 0 Å². The van der Waals surface area contributed by atoms with E-state index in [9.17, 15) is 0 Å². The molecule has 2 nitrogen and oxygen atoms in total. The average molecular weight is 205 g/mol. The summed E-state index contributed by atoms with van der Waals surface area (Å²) in [5.74, 6) is 0.515. The van der Waals surface area contributed by atoms with Crippen LogP contribution < -0.4 is 0 Å². The maximum absolute atomic E-state index is 9.04. The number of benzene rings is 1. The first-order chi connectivity index (χ1) is 7.38. The molecule has 2 heteroatoms. The van der Waals surface area contributed by atoms with Crippen molar-refractivity contribution < 1.29 is 5.11 Å². The Balaban J connectivity index is 1.75. The fraction of sp³-hybridized carbons (Fsp3) is 0.538. The van der Waals surface area contributed by atoms with Gasteiger partial charge in [0, 0.05) is 19.7 Å². The molecule has 0 bridgehead atoms. The number of aliphatic hydroxyl groups is 1. The van der Waals surface area contributed by atoms with Crippen LogP contribution in [-0.2, 0) is 6.42 Å². The van der Waals surface area contributed by atoms with Gasteiger partial charge in [-0.1, -0.05) is 30.3 Å². The molecule has 1 atom stereocenters. The molecule has 1 unspecified atom stereocenters. The minimum Gasteiger partial charge on any atom is -0.396 e. The van der Waals surface area contributed by atoms with Crippen molar-refractivity contribution in [2.45, 2.75) is 12.8 Å². The van der Waals surface area contributed by atoms with Gasteiger partial charge < -0.3 is 10.0 Å². The first kappa shape index (κ1) is 10.7. The molecule has 2 rings (SSSR count). The summed E-state index contributed by atoms with van der Waals surface area (Å²) in [6.45, 7) is 3.70. The number of nitrogens with zero attached hydrogens (tertiary/aromatic N) is 1. The normalized spacial score (nSPS) is 22.1. The highest BCUT2D eigenvalue weighted by Crippen LogP contribution is 2.15. The zero-order chi connectivity index (χ0) is 10.5. The fourth-order valence-electron chi connectivity index (χ4n) is 2.20. The van der Waals surface area contributed by atoms with Crippen LogP contribution in [0.5, 0.6) is 0 Å². The molecule has 15 heavy (non-hydrogen) atoms. The first-order valence-electron chi connectivity index (χ1n) is 5.75. The maximum atomic E-state index is 9.04. The molecular weight excluding hydrogens is 186 g/mol. The Kier molecular flexibility index (Phi) is 3.75. The Morgan fingerprint density at radius 1 is 1.27 bits per heavy atom. The van der Waals surface area contributed by atoms with Crippen molar-refractivity contribution in [3.8, 4) is 0 Å². The van der Waals surface area contributed by atoms with E-state index >= 15 is 0 Å². The summed E-state index contributed by atoms with van der Waals surface area (Å²) in [5, 5.41) is 9.04. The Morgan fingerprint density at radius 3 is 2.73 bits per heavy atom. The molecule has 1 heterocycles. The van der Waals surface area contributed by atoms with Gasteiger partial charge in [0.15, 0.2) is 0 Å². The van der Waals surface area contributed by atoms with Crippen LogP contribution in [0.4, 0.5) is 0 Å². The molecule has 0 amide bonds. The predicted octanol–water partition coefficient (Wildman–Crippen LogP) is 1.54. The van der Waals surface area contributed by atoms with E-state index in [-0.39, 0.29) is 0 Å². The monoisotopic (exact) mass is 205 g/mol. The molecule has 1 N–H and O–H groups in total. The van der Waals surface area contributed by atoms with Gasteiger partial charge in [-0.15, -0.1) is 0 Å². The topological polar surface area (TPSA) is 23.5 Å². The van der Waals surface area contributed by atoms with Gasteiger partial charge in [-0.2, -0.15) is 0 Å². The van der Waals surface area contributed by atoms with Gasteiger partial charge in [0.05, 0.1) is 0 Å². The summed E-state index contributed by atoms with van der Waals surface area (Å²) in [6, 6.07) is 10.6. The van der Waals surface area contributed by atoms with Gasteiger partial charge in [0.25, 0.3) is 0 Å². The van der Waals surface area contributed by atoms with Crippen LogP contribution in [0.15, 0.2) is 30.3 Å². The summed E-state index contributed by atoms with van der Waals surface area (Å²) in [6.07, 6.45) is 2.28. The zero-order valence-corrected chi connectivity index (χ0v) is 9.10. The van der Waals surface area contributed by atoms with Crippen LogP contribution in [0.3, 0.4) is 0 Å². The van der Waals surface area contributed by atoms with Gasteiger partial charge in [-0.3, -0.25) is 0 Å². The summed E-state index contributed by atoms with van der Waals surface area (Å²) in [5.41, 5.74) is 1.41. The number of hydrogen-bond acceptors (Lipinski definition) is 2. The van der Waals surface area contributed by atoms with E-state index in [1.165, 1.54) is 5.56 Å². The third-order valence-electron chi connectivity index (χ3n) is 3.19. The smallest absolute Gasteiger partial charge is 0.0471 e. The van der Waals surface area contributed by atoms with E-state index in [2.05, 4.69) is 35.2 Å². The Morgan fingerprint density at radius 2 is 2.07 bits per heavy atom. The van der Waals surface area contributed by atoms with Crippen molar-refractivity contribution in [3.05, 3.63) is 35.9 Å². The number of likely N-dealkylation sites (tertiary alicyclic amines) is 1. The van der Waals surface area contributed by atoms with Crippen molar-refractivity contribution >= 4 is 0 Å². The second kappa shape index (κ2) is 5.29. The highest BCUT2D eigenvalue weighted by atomic mass is 16.3. The molecule has 1 aliphatic rings. The minimum absolute atomic E-state index is 0.349. The highest BCUT2D eigenvalue weighted by molar-refractivity contribution is 5.14. The quantitative estimate of drug-likeness (QED) is 0.806. The predicted molar refractivity (Wildman–Crippen MR) is 61.8 cm³/mol. The molecular formula is C13H19NO. The van der Waals surface area contributed by atoms with E-state index in [0.717, 1.165) is 32.5 Å². The van der Waals surface area contributed by atoms with Crippen LogP contribution in [0, 0.1) is 5.92 Å². The Labute approximate surface area is 91.5 Å². The minimum atomic E-state index is 0.349. The third kappa shape index (κ3) is 3.05. The van der Waals surface area contributed by atoms with Crippen LogP contribution >= 0.6 is 0 Å². The number of aliphatic hydroxyl groups excluding tert-OH is 1. The Bertz CT molecular complexity index is 286. The van der Waals surface area contributed by atoms with Crippen molar-refractivity contribution in [3.63, 3.8) is 0 Å². The first-order valence-corrected chi connectivity index (χ1v) is 5.75. The molecule has 1 aromatic carbocycles. The van der Waals surface area contributed by atoms with Gasteiger partial charge in [-0.05, 0) is 30.9 Å². The van der Waals surface area contributed by atoms with E-state index in [1.54, 1.807) is 0 Å². The largest absolute Gasteiger partial charge is 0.396 e. The lowest BCUT2D eigenvalue weighted by molar-refractivity contribution is 0.222. The highest BCUT2D eigenvalue weighted by Gasteiger charge is 2.20. The average Bonchev–Trinajstić information content (AvgIpc) is 2.76. The van der Waals surface area contributed by atoms with E-state index in [1.807, 2.05) is 0 Å². The Hall–Kier alpha value is -0.860. The molecule has 0 radical (unpaired) electrons. The number of hydrogen-bond donors (Lipinski definition) is 1. The maximum Gasteiger partial charge on any atom is 0.0471 e. The molecule has 82 valence electrons. The summed E-state index contributed by atoms with van der Waals surface area (Å²) in [7, 11) is 0. The molecule has 0 spiro atoms. The number of rotatable bonds is 4. The molecule has 0 saturated carbocycles. The van der Waals surface area contributed by atoms with E-state index in [4.69, 9.17) is 5.11 Å². The molecule has 0 aliphatic carbocycles. The fourth-order valence-corrected chi connectivity index (χ4v) is 2.20. The zero-order valence-electron chi connectivity index (χ0n) is 9.10. The molecule has 1 aliphatic heterocycles. The lowest BCUT2D eigenvalue weighted by Crippen LogP contribution is -2.24. The van der Waals surface area contributed by atoms with Crippen LogP contribution in [-0.4, -0.2) is 36.2 Å². The van der Waals surface area contributed by atoms with Crippen molar-refractivity contribution in [1.82, 2.24) is 4.90 Å². The van der Waals surface area contributed by atoms with E-state index in [0.29, 0.717) is 12.5 Å². The molecule has 1 fully saturated rings. The summed E-state index contributed by atoms with van der Waals surface area (Å²) >= 11 is 0. The summed E-state index contributed by atoms with van der Waals surface area (Å²) in [4.78, 5) is 2.45. The van der Waals surface area contributed by atoms with Gasteiger partial charge in [0.1, 0.15) is 0 Å². The third-order valence-corrected chi connectivity index (χ3v) is 3.19. The van der Waals surface area contributed by atoms with Gasteiger partial charge >= 0.3 is 0 Å². The lowest BCUT2D eigenvalue weighted by atomic mass is 10.1. The molecule has 1 aromatic rings. The van der Waals surface area contributed by atoms with Crippen LogP contribution in [0.1, 0.15) is 12.0 Å². The second-order valence-electron chi connectivity index (χ2n) is 4.37. The second-order valence-corrected chi connectivity index (χ2v) is 4.37. The molecule has 1 saturated heterocycles. The van der Waals surface area contributed by atoms with Crippen molar-refractivity contribution in [2.24, 2.45) is 5.92 Å². The van der Waals surface area contributed by atoms with Crippen molar-refractivity contribution in [1.29, 1.82) is 0 Å². The standard InChI is InChI=1S/C13H19NO/c15-11-13-7-9-14(10-13)8-6-12-4-2-1-3-5-12/h1-5,13,15H,6-11H2. The van der Waals surface area contributed by atoms with E-state index < -0.39 is 0 Å². The van der Waals surface area contributed by atoms with Gasteiger partial charge in [0.2, 0.25) is 0 Å². The van der Waals surface area contributed by atoms with Gasteiger partial charge in [-0.25, -0.2) is 0 Å². The lowest BCUT2D eigenvalue weighted by Gasteiger charge is -2.15. The summed E-state index contributed by atoms with van der Waals surface area (Å²) < 4.78 is 0. The molecule has 0 aromatic heterocycles. The van der Waals surface area contributed by atoms with Crippen molar-refractivity contribution in [2.75, 3.05) is 26.2 Å².